The number of fused-ring (bicyclic) bond motifs is 3. The van der Waals surface area contributed by atoms with E-state index < -0.39 is 36.1 Å². The molecule has 3 rings (SSSR count). The molecule has 190 valence electrons. The highest BCUT2D eigenvalue weighted by Gasteiger charge is 2.66. The molecule has 0 aromatic carbocycles. The van der Waals surface area contributed by atoms with Gasteiger partial charge in [-0.25, -0.2) is 0 Å². The van der Waals surface area contributed by atoms with Gasteiger partial charge in [-0.1, -0.05) is 58.3 Å². The maximum atomic E-state index is 13.8. The van der Waals surface area contributed by atoms with Gasteiger partial charge in [0.15, 0.2) is 5.78 Å². The van der Waals surface area contributed by atoms with Crippen molar-refractivity contribution in [3.05, 3.63) is 0 Å². The summed E-state index contributed by atoms with van der Waals surface area (Å²) in [6, 6.07) is 2.35. The molecule has 0 aromatic rings. The highest BCUT2D eigenvalue weighted by Crippen LogP contribution is 2.52. The predicted octanol–water partition coefficient (Wildman–Crippen LogP) is 7.78. The third kappa shape index (κ3) is 7.90. The highest BCUT2D eigenvalue weighted by molar-refractivity contribution is 5.83. The number of unbranched alkanes of at least 4 members (excludes halogenated alkanes) is 7. The van der Waals surface area contributed by atoms with Crippen LogP contribution in [0.25, 0.3) is 0 Å². The predicted molar refractivity (Wildman–Crippen MR) is 116 cm³/mol. The van der Waals surface area contributed by atoms with E-state index in [1.165, 1.54) is 32.1 Å². The number of ether oxygens (including phenoxy) is 1. The second-order valence-electron chi connectivity index (χ2n) is 9.84. The SMILES string of the molecule is CCCCCCCCCC(C#N)CCCCC(=O)C1OC2CCC1CC2C(F)(F)C(F)(F)F. The Morgan fingerprint density at radius 1 is 0.970 bits per heavy atom. The number of nitriles is 1. The van der Waals surface area contributed by atoms with Gasteiger partial charge in [0, 0.05) is 12.3 Å². The molecule has 2 saturated heterocycles. The zero-order valence-electron chi connectivity index (χ0n) is 19.6. The van der Waals surface area contributed by atoms with Crippen molar-refractivity contribution in [1.29, 1.82) is 5.26 Å². The molecule has 0 spiro atoms. The number of ketones is 1. The normalized spacial score (nSPS) is 26.2. The van der Waals surface area contributed by atoms with Gasteiger partial charge in [-0.15, -0.1) is 0 Å². The van der Waals surface area contributed by atoms with Gasteiger partial charge in [0.05, 0.1) is 18.1 Å². The molecule has 1 aliphatic carbocycles. The fourth-order valence-electron chi connectivity index (χ4n) is 5.30. The van der Waals surface area contributed by atoms with E-state index in [1.54, 1.807) is 0 Å². The summed E-state index contributed by atoms with van der Waals surface area (Å²) >= 11 is 0. The first-order valence-corrected chi connectivity index (χ1v) is 12.6. The Labute approximate surface area is 194 Å². The highest BCUT2D eigenvalue weighted by atomic mass is 19.4. The van der Waals surface area contributed by atoms with Crippen LogP contribution in [0.2, 0.25) is 0 Å². The molecule has 3 nitrogen and oxygen atoms in total. The molecule has 0 amide bonds. The molecule has 5 atom stereocenters. The van der Waals surface area contributed by atoms with Crippen LogP contribution in [-0.4, -0.2) is 30.1 Å². The summed E-state index contributed by atoms with van der Waals surface area (Å²) in [5, 5.41) is 9.35. The molecule has 0 radical (unpaired) electrons. The summed E-state index contributed by atoms with van der Waals surface area (Å²) in [7, 11) is 0. The minimum atomic E-state index is -5.61. The van der Waals surface area contributed by atoms with Gasteiger partial charge in [0.1, 0.15) is 6.10 Å². The zero-order chi connectivity index (χ0) is 24.5. The second-order valence-corrected chi connectivity index (χ2v) is 9.84. The average Bonchev–Trinajstić information content (AvgIpc) is 2.79. The largest absolute Gasteiger partial charge is 0.453 e. The van der Waals surface area contributed by atoms with Gasteiger partial charge < -0.3 is 4.74 Å². The van der Waals surface area contributed by atoms with Crippen LogP contribution in [0.4, 0.5) is 22.0 Å². The van der Waals surface area contributed by atoms with E-state index in [-0.39, 0.29) is 31.0 Å². The maximum Gasteiger partial charge on any atom is 0.453 e. The van der Waals surface area contributed by atoms with Crippen LogP contribution >= 0.6 is 0 Å². The first-order chi connectivity index (χ1) is 15.6. The van der Waals surface area contributed by atoms with Crippen molar-refractivity contribution >= 4 is 5.78 Å². The second kappa shape index (κ2) is 13.0. The number of nitrogens with zero attached hydrogens (tertiary/aromatic N) is 1. The van der Waals surface area contributed by atoms with Gasteiger partial charge in [0.2, 0.25) is 0 Å². The first-order valence-electron chi connectivity index (χ1n) is 12.6. The summed E-state index contributed by atoms with van der Waals surface area (Å²) in [5.74, 6) is -7.53. The number of halogens is 5. The molecule has 3 fully saturated rings. The lowest BCUT2D eigenvalue weighted by molar-refractivity contribution is -0.330. The standard InChI is InChI=1S/C25H38F5NO2/c1-2-3-4-5-6-7-8-11-18(17-31)12-9-10-13-21(32)23-19-14-15-22(33-23)20(16-19)24(26,27)25(28,29)30/h18-20,22-23H,2-16H2,1H3. The molecule has 33 heavy (non-hydrogen) atoms. The molecule has 0 aromatic heterocycles. The van der Waals surface area contributed by atoms with Crippen molar-refractivity contribution in [1.82, 2.24) is 0 Å². The lowest BCUT2D eigenvalue weighted by atomic mass is 9.70. The molecular formula is C25H38F5NO2. The number of hydrogen-bond acceptors (Lipinski definition) is 3. The van der Waals surface area contributed by atoms with E-state index in [1.807, 2.05) is 0 Å². The van der Waals surface area contributed by atoms with Gasteiger partial charge in [0.25, 0.3) is 0 Å². The summed E-state index contributed by atoms with van der Waals surface area (Å²) in [6.07, 6.45) is 4.00. The first kappa shape index (κ1) is 28.0. The van der Waals surface area contributed by atoms with Crippen molar-refractivity contribution in [2.24, 2.45) is 17.8 Å². The number of rotatable bonds is 15. The lowest BCUT2D eigenvalue weighted by Gasteiger charge is -2.48. The number of hydrogen-bond donors (Lipinski definition) is 0. The number of Topliss-reactive ketones (excluding diaryl/α,β-unsaturated/α-hetero) is 1. The van der Waals surface area contributed by atoms with Crippen LogP contribution in [0.1, 0.15) is 103 Å². The number of carbonyl (C=O) groups excluding carboxylic acids is 1. The van der Waals surface area contributed by atoms with E-state index in [0.29, 0.717) is 12.8 Å². The monoisotopic (exact) mass is 479 g/mol. The summed E-state index contributed by atoms with van der Waals surface area (Å²) in [5.41, 5.74) is 0. The van der Waals surface area contributed by atoms with Gasteiger partial charge in [-0.2, -0.15) is 27.2 Å². The molecular weight excluding hydrogens is 441 g/mol. The van der Waals surface area contributed by atoms with Crippen molar-refractivity contribution in [3.63, 3.8) is 0 Å². The van der Waals surface area contributed by atoms with Crippen molar-refractivity contribution in [3.8, 4) is 6.07 Å². The molecule has 2 aliphatic heterocycles. The van der Waals surface area contributed by atoms with Crippen molar-refractivity contribution < 1.29 is 31.5 Å². The number of alkyl halides is 5. The quantitative estimate of drug-likeness (QED) is 0.178. The molecule has 3 aliphatic rings. The molecule has 2 bridgehead atoms. The summed E-state index contributed by atoms with van der Waals surface area (Å²) in [4.78, 5) is 12.6. The minimum absolute atomic E-state index is 0.0250. The zero-order valence-corrected chi connectivity index (χ0v) is 19.6. The Hall–Kier alpha value is -1.23. The van der Waals surface area contributed by atoms with Crippen molar-refractivity contribution in [2.75, 3.05) is 0 Å². The molecule has 5 unspecified atom stereocenters. The molecule has 1 saturated carbocycles. The van der Waals surface area contributed by atoms with Gasteiger partial charge >= 0.3 is 12.1 Å². The van der Waals surface area contributed by atoms with Crippen LogP contribution < -0.4 is 0 Å². The number of carbonyl (C=O) groups is 1. The smallest absolute Gasteiger partial charge is 0.366 e. The lowest BCUT2D eigenvalue weighted by Crippen LogP contribution is -2.58. The van der Waals surface area contributed by atoms with E-state index in [4.69, 9.17) is 4.74 Å². The summed E-state index contributed by atoms with van der Waals surface area (Å²) in [6.45, 7) is 2.19. The Balaban J connectivity index is 1.67. The minimum Gasteiger partial charge on any atom is -0.366 e. The topological polar surface area (TPSA) is 50.1 Å². The van der Waals surface area contributed by atoms with E-state index in [0.717, 1.165) is 32.1 Å². The van der Waals surface area contributed by atoms with Gasteiger partial charge in [-0.05, 0) is 44.4 Å². The maximum absolute atomic E-state index is 13.8. The third-order valence-electron chi connectivity index (χ3n) is 7.30. The molecule has 8 heteroatoms. The van der Waals surface area contributed by atoms with Gasteiger partial charge in [-0.3, -0.25) is 4.79 Å². The van der Waals surface area contributed by atoms with E-state index in [2.05, 4.69) is 13.0 Å². The Morgan fingerprint density at radius 2 is 1.58 bits per heavy atom. The van der Waals surface area contributed by atoms with Crippen LogP contribution in [0, 0.1) is 29.1 Å². The summed E-state index contributed by atoms with van der Waals surface area (Å²) < 4.78 is 71.4. The van der Waals surface area contributed by atoms with Crippen LogP contribution in [-0.2, 0) is 9.53 Å². The molecule has 0 N–H and O–H groups in total. The third-order valence-corrected chi connectivity index (χ3v) is 7.30. The fourth-order valence-corrected chi connectivity index (χ4v) is 5.30. The Morgan fingerprint density at radius 3 is 2.12 bits per heavy atom. The van der Waals surface area contributed by atoms with E-state index in [9.17, 15) is 32.0 Å². The van der Waals surface area contributed by atoms with Crippen LogP contribution in [0.5, 0.6) is 0 Å². The van der Waals surface area contributed by atoms with Crippen LogP contribution in [0.15, 0.2) is 0 Å². The molecule has 2 heterocycles. The van der Waals surface area contributed by atoms with Crippen molar-refractivity contribution in [2.45, 2.75) is 128 Å². The van der Waals surface area contributed by atoms with Crippen LogP contribution in [0.3, 0.4) is 0 Å². The van der Waals surface area contributed by atoms with E-state index >= 15 is 0 Å². The Bertz CT molecular complexity index is 646. The average molecular weight is 480 g/mol. The fraction of sp³-hybridized carbons (Fsp3) is 0.920. The Kier molecular flexibility index (Phi) is 11.0.